The number of nitrogens with zero attached hydrogens (tertiary/aromatic N) is 2. The summed E-state index contributed by atoms with van der Waals surface area (Å²) in [4.78, 5) is 10.0. The number of para-hydroxylation sites is 1. The third-order valence-corrected chi connectivity index (χ3v) is 10.7. The average molecular weight is 670 g/mol. The number of rotatable bonds is 5. The van der Waals surface area contributed by atoms with Crippen LogP contribution in [-0.2, 0) is 5.41 Å². The highest BCUT2D eigenvalue weighted by Crippen LogP contribution is 2.53. The van der Waals surface area contributed by atoms with E-state index in [1.165, 1.54) is 44.2 Å². The van der Waals surface area contributed by atoms with Crippen LogP contribution in [0.5, 0.6) is 0 Å². The molecule has 1 aliphatic carbocycles. The molecule has 0 amide bonds. The largest absolute Gasteiger partial charge is 0.456 e. The standard InChI is InChI=1S/C48H35N3O/c1-48(2)41-27-24-35(29-40(41)38-25-26-39-37-18-9-10-19-42(37)52-44(39)43(38)48)31-22-20-30(21-23-31)34-16-11-17-36(28-34)47-50-45(32-12-5-3-6-13-32)49-46(51-47)33-14-7-4-8-15-33/h3-29,45H,1-2H3,(H,49,50,51). The smallest absolute Gasteiger partial charge is 0.159 e. The minimum Gasteiger partial charge on any atom is -0.456 e. The zero-order valence-electron chi connectivity index (χ0n) is 29.0. The molecular formula is C48H35N3O. The van der Waals surface area contributed by atoms with Crippen LogP contribution >= 0.6 is 0 Å². The SMILES string of the molecule is CC1(C)c2ccc(-c3ccc(-c4cccc(C5=NC(c6ccccc6)=NC(c6ccccc6)N5)c4)cc3)cc2-c2ccc3c(oc4ccccc43)c21. The Morgan fingerprint density at radius 1 is 0.538 bits per heavy atom. The Morgan fingerprint density at radius 2 is 1.19 bits per heavy atom. The average Bonchev–Trinajstić information content (AvgIpc) is 3.70. The third kappa shape index (κ3) is 4.90. The summed E-state index contributed by atoms with van der Waals surface area (Å²) in [6.45, 7) is 4.64. The molecule has 0 fully saturated rings. The number of furan rings is 1. The lowest BCUT2D eigenvalue weighted by Crippen LogP contribution is -2.33. The van der Waals surface area contributed by atoms with Gasteiger partial charge in [0.15, 0.2) is 5.84 Å². The molecule has 7 aromatic carbocycles. The first kappa shape index (κ1) is 30.3. The first-order chi connectivity index (χ1) is 25.5. The second kappa shape index (κ2) is 11.8. The number of hydrogen-bond donors (Lipinski definition) is 1. The van der Waals surface area contributed by atoms with E-state index in [-0.39, 0.29) is 11.6 Å². The van der Waals surface area contributed by atoms with E-state index in [2.05, 4.69) is 140 Å². The molecule has 248 valence electrons. The molecule has 10 rings (SSSR count). The van der Waals surface area contributed by atoms with Gasteiger partial charge in [-0.3, -0.25) is 0 Å². The van der Waals surface area contributed by atoms with Crippen molar-refractivity contribution in [2.45, 2.75) is 25.4 Å². The molecule has 0 spiro atoms. The van der Waals surface area contributed by atoms with Gasteiger partial charge >= 0.3 is 0 Å². The lowest BCUT2D eigenvalue weighted by atomic mass is 9.81. The lowest BCUT2D eigenvalue weighted by Gasteiger charge is -2.24. The van der Waals surface area contributed by atoms with Gasteiger partial charge in [-0.2, -0.15) is 0 Å². The molecule has 0 bridgehead atoms. The Balaban J connectivity index is 0.974. The molecule has 1 aromatic heterocycles. The normalized spacial score (nSPS) is 15.8. The van der Waals surface area contributed by atoms with Crippen molar-refractivity contribution >= 4 is 33.6 Å². The van der Waals surface area contributed by atoms with Crippen molar-refractivity contribution in [2.75, 3.05) is 0 Å². The monoisotopic (exact) mass is 669 g/mol. The number of amidine groups is 2. The van der Waals surface area contributed by atoms with Gasteiger partial charge in [0.1, 0.15) is 23.2 Å². The molecule has 2 heterocycles. The van der Waals surface area contributed by atoms with Gasteiger partial charge in [0.25, 0.3) is 0 Å². The molecule has 1 atom stereocenters. The van der Waals surface area contributed by atoms with E-state index in [1.807, 2.05) is 42.5 Å². The van der Waals surface area contributed by atoms with Gasteiger partial charge in [-0.1, -0.05) is 153 Å². The van der Waals surface area contributed by atoms with E-state index in [0.29, 0.717) is 0 Å². The van der Waals surface area contributed by atoms with Gasteiger partial charge < -0.3 is 9.73 Å². The van der Waals surface area contributed by atoms with Crippen molar-refractivity contribution in [3.63, 3.8) is 0 Å². The van der Waals surface area contributed by atoms with E-state index in [1.54, 1.807) is 0 Å². The molecule has 4 nitrogen and oxygen atoms in total. The molecule has 8 aromatic rings. The summed E-state index contributed by atoms with van der Waals surface area (Å²) < 4.78 is 6.51. The van der Waals surface area contributed by atoms with Crippen molar-refractivity contribution in [2.24, 2.45) is 9.98 Å². The number of benzene rings is 7. The van der Waals surface area contributed by atoms with Crippen LogP contribution in [0.1, 0.15) is 47.8 Å². The summed E-state index contributed by atoms with van der Waals surface area (Å²) in [7, 11) is 0. The minimum atomic E-state index is -0.235. The Morgan fingerprint density at radius 3 is 1.98 bits per heavy atom. The molecule has 0 saturated heterocycles. The Bertz CT molecular complexity index is 2720. The van der Waals surface area contributed by atoms with Crippen LogP contribution in [0.3, 0.4) is 0 Å². The highest BCUT2D eigenvalue weighted by atomic mass is 16.3. The molecule has 1 aliphatic heterocycles. The van der Waals surface area contributed by atoms with E-state index in [9.17, 15) is 0 Å². The van der Waals surface area contributed by atoms with Crippen LogP contribution < -0.4 is 5.32 Å². The highest BCUT2D eigenvalue weighted by molar-refractivity contribution is 6.13. The zero-order chi connectivity index (χ0) is 34.8. The Labute approximate surface area is 302 Å². The summed E-state index contributed by atoms with van der Waals surface area (Å²) in [5, 5.41) is 5.95. The molecule has 52 heavy (non-hydrogen) atoms. The quantitative estimate of drug-likeness (QED) is 0.198. The molecule has 0 saturated carbocycles. The van der Waals surface area contributed by atoms with Crippen LogP contribution in [0.25, 0.3) is 55.3 Å². The fraction of sp³-hybridized carbons (Fsp3) is 0.0833. The zero-order valence-corrected chi connectivity index (χ0v) is 29.0. The topological polar surface area (TPSA) is 49.9 Å². The van der Waals surface area contributed by atoms with Crippen LogP contribution in [-0.4, -0.2) is 11.7 Å². The fourth-order valence-corrected chi connectivity index (χ4v) is 8.08. The van der Waals surface area contributed by atoms with E-state index < -0.39 is 0 Å². The minimum absolute atomic E-state index is 0.169. The number of nitrogens with one attached hydrogen (secondary N) is 1. The van der Waals surface area contributed by atoms with Crippen LogP contribution in [0.15, 0.2) is 178 Å². The maximum atomic E-state index is 6.51. The third-order valence-electron chi connectivity index (χ3n) is 10.7. The van der Waals surface area contributed by atoms with Gasteiger partial charge in [-0.25, -0.2) is 9.98 Å². The Kier molecular flexibility index (Phi) is 6.87. The fourth-order valence-electron chi connectivity index (χ4n) is 8.08. The van der Waals surface area contributed by atoms with Crippen LogP contribution in [0.2, 0.25) is 0 Å². The molecule has 0 radical (unpaired) electrons. The summed E-state index contributed by atoms with van der Waals surface area (Å²) in [5.74, 6) is 1.53. The van der Waals surface area contributed by atoms with Crippen molar-refractivity contribution in [1.29, 1.82) is 0 Å². The van der Waals surface area contributed by atoms with Gasteiger partial charge in [-0.05, 0) is 68.8 Å². The Hall–Kier alpha value is -6.52. The van der Waals surface area contributed by atoms with Gasteiger partial charge in [0.05, 0.1) is 0 Å². The number of hydrogen-bond acceptors (Lipinski definition) is 4. The molecule has 4 heteroatoms. The maximum Gasteiger partial charge on any atom is 0.159 e. The van der Waals surface area contributed by atoms with Crippen molar-refractivity contribution in [3.8, 4) is 33.4 Å². The predicted molar refractivity (Wildman–Crippen MR) is 214 cm³/mol. The van der Waals surface area contributed by atoms with Crippen molar-refractivity contribution < 1.29 is 4.42 Å². The van der Waals surface area contributed by atoms with Crippen molar-refractivity contribution in [1.82, 2.24) is 5.32 Å². The van der Waals surface area contributed by atoms with Crippen molar-refractivity contribution in [3.05, 3.63) is 192 Å². The van der Waals surface area contributed by atoms with Crippen LogP contribution in [0.4, 0.5) is 0 Å². The van der Waals surface area contributed by atoms with E-state index in [0.717, 1.165) is 50.7 Å². The molecule has 1 N–H and O–H groups in total. The lowest BCUT2D eigenvalue weighted by molar-refractivity contribution is 0.620. The second-order valence-corrected chi connectivity index (χ2v) is 14.2. The summed E-state index contributed by atoms with van der Waals surface area (Å²) in [6, 6.07) is 57.8. The molecule has 2 aliphatic rings. The molecule has 1 unspecified atom stereocenters. The molecular weight excluding hydrogens is 635 g/mol. The summed E-state index contributed by atoms with van der Waals surface area (Å²) in [6.07, 6.45) is -0.235. The van der Waals surface area contributed by atoms with E-state index in [4.69, 9.17) is 14.4 Å². The number of aliphatic imine (C=N–C) groups is 2. The first-order valence-corrected chi connectivity index (χ1v) is 17.9. The highest BCUT2D eigenvalue weighted by Gasteiger charge is 2.38. The van der Waals surface area contributed by atoms with Crippen LogP contribution in [0, 0.1) is 0 Å². The summed E-state index contributed by atoms with van der Waals surface area (Å²) in [5.41, 5.74) is 14.7. The van der Waals surface area contributed by atoms with E-state index >= 15 is 0 Å². The summed E-state index contributed by atoms with van der Waals surface area (Å²) >= 11 is 0. The van der Waals surface area contributed by atoms with Gasteiger partial charge in [-0.15, -0.1) is 0 Å². The van der Waals surface area contributed by atoms with Gasteiger partial charge in [0.2, 0.25) is 0 Å². The number of fused-ring (bicyclic) bond motifs is 7. The predicted octanol–water partition coefficient (Wildman–Crippen LogP) is 11.7. The van der Waals surface area contributed by atoms with Gasteiger partial charge in [0, 0.05) is 32.9 Å². The first-order valence-electron chi connectivity index (χ1n) is 17.9. The maximum absolute atomic E-state index is 6.51. The second-order valence-electron chi connectivity index (χ2n) is 14.2.